The van der Waals surface area contributed by atoms with Gasteiger partial charge in [-0.2, -0.15) is 9.40 Å². The molecular weight excluding hydrogens is 387 g/mol. The van der Waals surface area contributed by atoms with Crippen LogP contribution in [0.3, 0.4) is 0 Å². The highest BCUT2D eigenvalue weighted by Gasteiger charge is 2.32. The van der Waals surface area contributed by atoms with Crippen LogP contribution >= 0.6 is 11.3 Å². The Hall–Kier alpha value is -2.23. The number of rotatable bonds is 4. The number of benzene rings is 1. The number of halogens is 1. The Labute approximate surface area is 161 Å². The molecule has 3 heterocycles. The molecule has 4 rings (SSSR count). The highest BCUT2D eigenvalue weighted by atomic mass is 32.2. The van der Waals surface area contributed by atoms with E-state index in [-0.39, 0.29) is 10.7 Å². The summed E-state index contributed by atoms with van der Waals surface area (Å²) in [6.07, 6.45) is 1.57. The van der Waals surface area contributed by atoms with Gasteiger partial charge in [0.15, 0.2) is 0 Å². The van der Waals surface area contributed by atoms with Gasteiger partial charge in [0.1, 0.15) is 16.4 Å². The van der Waals surface area contributed by atoms with E-state index in [9.17, 15) is 12.8 Å². The summed E-state index contributed by atoms with van der Waals surface area (Å²) in [6, 6.07) is 10.0. The van der Waals surface area contributed by atoms with Crippen molar-refractivity contribution >= 4 is 27.0 Å². The third kappa shape index (κ3) is 3.50. The molecule has 1 saturated heterocycles. The minimum atomic E-state index is -3.64. The standard InChI is InChI=1S/C18H19FN4O2S2/c1-21-13-17(18(20-21)16-3-2-12-26-16)27(24,25)23-10-8-22(9-11-23)15-6-4-14(19)5-7-15/h2-7,12-13H,8-11H2,1H3. The van der Waals surface area contributed by atoms with Crippen LogP contribution in [-0.2, 0) is 17.1 Å². The van der Waals surface area contributed by atoms with Crippen molar-refractivity contribution in [2.45, 2.75) is 4.90 Å². The Bertz CT molecular complexity index is 1020. The molecule has 0 bridgehead atoms. The van der Waals surface area contributed by atoms with Crippen LogP contribution in [0.4, 0.5) is 10.1 Å². The lowest BCUT2D eigenvalue weighted by molar-refractivity contribution is 0.385. The molecule has 3 aromatic rings. The minimum absolute atomic E-state index is 0.239. The summed E-state index contributed by atoms with van der Waals surface area (Å²) in [5.41, 5.74) is 1.39. The third-order valence-electron chi connectivity index (χ3n) is 4.60. The van der Waals surface area contributed by atoms with E-state index >= 15 is 0 Å². The molecule has 0 saturated carbocycles. The van der Waals surface area contributed by atoms with Gasteiger partial charge in [-0.25, -0.2) is 12.8 Å². The lowest BCUT2D eigenvalue weighted by Crippen LogP contribution is -2.48. The van der Waals surface area contributed by atoms with Gasteiger partial charge in [-0.1, -0.05) is 6.07 Å². The molecule has 0 N–H and O–H groups in total. The number of hydrogen-bond acceptors (Lipinski definition) is 5. The number of nitrogens with zero attached hydrogens (tertiary/aromatic N) is 4. The molecule has 0 aliphatic carbocycles. The molecule has 1 aliphatic heterocycles. The summed E-state index contributed by atoms with van der Waals surface area (Å²) in [4.78, 5) is 3.14. The molecule has 0 spiro atoms. The van der Waals surface area contributed by atoms with E-state index < -0.39 is 10.0 Å². The molecule has 9 heteroatoms. The summed E-state index contributed by atoms with van der Waals surface area (Å²) >= 11 is 1.47. The van der Waals surface area contributed by atoms with Crippen molar-refractivity contribution in [3.63, 3.8) is 0 Å². The molecule has 0 unspecified atom stereocenters. The molecule has 1 aromatic carbocycles. The molecule has 1 aliphatic rings. The number of piperazine rings is 1. The van der Waals surface area contributed by atoms with Crippen LogP contribution in [0.5, 0.6) is 0 Å². The van der Waals surface area contributed by atoms with E-state index in [0.29, 0.717) is 31.9 Å². The molecule has 6 nitrogen and oxygen atoms in total. The quantitative estimate of drug-likeness (QED) is 0.669. The monoisotopic (exact) mass is 406 g/mol. The predicted molar refractivity (Wildman–Crippen MR) is 104 cm³/mol. The maximum Gasteiger partial charge on any atom is 0.246 e. The molecule has 2 aromatic heterocycles. The van der Waals surface area contributed by atoms with Gasteiger partial charge in [-0.05, 0) is 35.7 Å². The fourth-order valence-electron chi connectivity index (χ4n) is 3.22. The van der Waals surface area contributed by atoms with Crippen LogP contribution in [-0.4, -0.2) is 48.7 Å². The molecular formula is C18H19FN4O2S2. The average molecular weight is 407 g/mol. The van der Waals surface area contributed by atoms with Gasteiger partial charge in [0, 0.05) is 45.1 Å². The Kier molecular flexibility index (Phi) is 4.75. The van der Waals surface area contributed by atoms with Crippen LogP contribution in [0, 0.1) is 5.82 Å². The van der Waals surface area contributed by atoms with Crippen molar-refractivity contribution in [1.29, 1.82) is 0 Å². The van der Waals surface area contributed by atoms with Crippen LogP contribution in [0.1, 0.15) is 0 Å². The smallest absolute Gasteiger partial charge is 0.246 e. The normalized spacial score (nSPS) is 16.0. The topological polar surface area (TPSA) is 58.4 Å². The Morgan fingerprint density at radius 3 is 2.41 bits per heavy atom. The van der Waals surface area contributed by atoms with Gasteiger partial charge >= 0.3 is 0 Å². The largest absolute Gasteiger partial charge is 0.369 e. The van der Waals surface area contributed by atoms with E-state index in [1.54, 1.807) is 25.4 Å². The average Bonchev–Trinajstić information content (AvgIpc) is 3.32. The second-order valence-corrected chi connectivity index (χ2v) is 9.21. The van der Waals surface area contributed by atoms with Gasteiger partial charge < -0.3 is 4.90 Å². The summed E-state index contributed by atoms with van der Waals surface area (Å²) < 4.78 is 42.6. The second-order valence-electron chi connectivity index (χ2n) is 6.36. The van der Waals surface area contributed by atoms with Crippen molar-refractivity contribution in [1.82, 2.24) is 14.1 Å². The number of hydrogen-bond donors (Lipinski definition) is 0. The highest BCUT2D eigenvalue weighted by Crippen LogP contribution is 2.31. The fraction of sp³-hybridized carbons (Fsp3) is 0.278. The molecule has 142 valence electrons. The highest BCUT2D eigenvalue weighted by molar-refractivity contribution is 7.89. The first-order chi connectivity index (χ1) is 12.9. The van der Waals surface area contributed by atoms with E-state index in [1.807, 2.05) is 17.5 Å². The van der Waals surface area contributed by atoms with Crippen molar-refractivity contribution in [2.24, 2.45) is 7.05 Å². The van der Waals surface area contributed by atoms with Gasteiger partial charge in [-0.3, -0.25) is 4.68 Å². The second kappa shape index (κ2) is 7.06. The Balaban J connectivity index is 1.55. The lowest BCUT2D eigenvalue weighted by atomic mass is 10.2. The Morgan fingerprint density at radius 1 is 1.07 bits per heavy atom. The number of thiophene rings is 1. The van der Waals surface area contributed by atoms with Crippen molar-refractivity contribution in [2.75, 3.05) is 31.1 Å². The maximum absolute atomic E-state index is 13.2. The fourth-order valence-corrected chi connectivity index (χ4v) is 5.61. The van der Waals surface area contributed by atoms with E-state index in [4.69, 9.17) is 0 Å². The summed E-state index contributed by atoms with van der Waals surface area (Å²) in [5, 5.41) is 6.26. The first kappa shape index (κ1) is 18.1. The SMILES string of the molecule is Cn1cc(S(=O)(=O)N2CCN(c3ccc(F)cc3)CC2)c(-c2cccs2)n1. The van der Waals surface area contributed by atoms with Crippen molar-refractivity contribution in [3.05, 3.63) is 53.8 Å². The molecule has 0 radical (unpaired) electrons. The number of sulfonamides is 1. The molecule has 1 fully saturated rings. The van der Waals surface area contributed by atoms with Crippen molar-refractivity contribution < 1.29 is 12.8 Å². The molecule has 0 amide bonds. The first-order valence-corrected chi connectivity index (χ1v) is 10.9. The zero-order valence-corrected chi connectivity index (χ0v) is 16.4. The molecule has 0 atom stereocenters. The van der Waals surface area contributed by atoms with Gasteiger partial charge in [-0.15, -0.1) is 11.3 Å². The third-order valence-corrected chi connectivity index (χ3v) is 7.37. The van der Waals surface area contributed by atoms with Crippen molar-refractivity contribution in [3.8, 4) is 10.6 Å². The predicted octanol–water partition coefficient (Wildman–Crippen LogP) is 2.80. The van der Waals surface area contributed by atoms with Crippen LogP contribution < -0.4 is 4.90 Å². The van der Waals surface area contributed by atoms with E-state index in [0.717, 1.165) is 10.6 Å². The zero-order chi connectivity index (χ0) is 19.0. The summed E-state index contributed by atoms with van der Waals surface area (Å²) in [5.74, 6) is -0.280. The number of aromatic nitrogens is 2. The van der Waals surface area contributed by atoms with Crippen LogP contribution in [0.25, 0.3) is 10.6 Å². The van der Waals surface area contributed by atoms with E-state index in [1.165, 1.54) is 32.5 Å². The number of anilines is 1. The molecule has 27 heavy (non-hydrogen) atoms. The first-order valence-electron chi connectivity index (χ1n) is 8.53. The van der Waals surface area contributed by atoms with Crippen LogP contribution in [0.2, 0.25) is 0 Å². The lowest BCUT2D eigenvalue weighted by Gasteiger charge is -2.35. The zero-order valence-electron chi connectivity index (χ0n) is 14.7. The summed E-state index contributed by atoms with van der Waals surface area (Å²) in [6.45, 7) is 1.86. The maximum atomic E-state index is 13.2. The summed E-state index contributed by atoms with van der Waals surface area (Å²) in [7, 11) is -1.92. The van der Waals surface area contributed by atoms with Crippen LogP contribution in [0.15, 0.2) is 52.9 Å². The minimum Gasteiger partial charge on any atom is -0.369 e. The van der Waals surface area contributed by atoms with Gasteiger partial charge in [0.2, 0.25) is 10.0 Å². The number of aryl methyl sites for hydroxylation is 1. The Morgan fingerprint density at radius 2 is 1.78 bits per heavy atom. The van der Waals surface area contributed by atoms with E-state index in [2.05, 4.69) is 10.00 Å². The van der Waals surface area contributed by atoms with Gasteiger partial charge in [0.25, 0.3) is 0 Å². The van der Waals surface area contributed by atoms with Gasteiger partial charge in [0.05, 0.1) is 4.88 Å².